The second-order valence-electron chi connectivity index (χ2n) is 3.50. The fourth-order valence-corrected chi connectivity index (χ4v) is 1.64. The average Bonchev–Trinajstić information content (AvgIpc) is 2.36. The van der Waals surface area contributed by atoms with E-state index in [1.165, 1.54) is 6.21 Å². The van der Waals surface area contributed by atoms with E-state index >= 15 is 0 Å². The molecule has 0 aliphatic carbocycles. The van der Waals surface area contributed by atoms with Crippen molar-refractivity contribution in [3.63, 3.8) is 0 Å². The van der Waals surface area contributed by atoms with Gasteiger partial charge in [0.1, 0.15) is 5.69 Å². The van der Waals surface area contributed by atoms with Gasteiger partial charge in [-0.15, -0.1) is 0 Å². The monoisotopic (exact) mass is 280 g/mol. The zero-order valence-corrected chi connectivity index (χ0v) is 11.0. The van der Waals surface area contributed by atoms with Crippen molar-refractivity contribution in [1.29, 1.82) is 0 Å². The number of rotatable bonds is 2. The second-order valence-corrected chi connectivity index (χ2v) is 4.29. The van der Waals surface area contributed by atoms with Gasteiger partial charge in [0.25, 0.3) is 5.56 Å². The summed E-state index contributed by atoms with van der Waals surface area (Å²) in [6.07, 6.45) is 1.48. The highest BCUT2D eigenvalue weighted by Gasteiger charge is 2.01. The number of aryl methyl sites for hydroxylation is 1. The number of hydrogen-bond acceptors (Lipinski definition) is 4. The SMILES string of the molecule is Cc1n[nH]c(=S)n(/N=C\c2ccccc2Cl)c1=O. The summed E-state index contributed by atoms with van der Waals surface area (Å²) in [5.41, 5.74) is 0.636. The van der Waals surface area contributed by atoms with E-state index in [9.17, 15) is 4.79 Å². The predicted molar refractivity (Wildman–Crippen MR) is 72.9 cm³/mol. The molecule has 0 saturated carbocycles. The average molecular weight is 281 g/mol. The lowest BCUT2D eigenvalue weighted by molar-refractivity contribution is 0.720. The van der Waals surface area contributed by atoms with Crippen molar-refractivity contribution in [3.05, 3.63) is 55.7 Å². The zero-order valence-electron chi connectivity index (χ0n) is 9.42. The molecule has 7 heteroatoms. The summed E-state index contributed by atoms with van der Waals surface area (Å²) in [7, 11) is 0. The molecule has 0 saturated heterocycles. The maximum absolute atomic E-state index is 11.8. The Bertz CT molecular complexity index is 719. The summed E-state index contributed by atoms with van der Waals surface area (Å²) in [5.74, 6) is 0. The molecule has 0 bridgehead atoms. The first-order chi connectivity index (χ1) is 8.59. The molecule has 5 nitrogen and oxygen atoms in total. The Morgan fingerprint density at radius 1 is 1.50 bits per heavy atom. The van der Waals surface area contributed by atoms with Crippen molar-refractivity contribution < 1.29 is 0 Å². The van der Waals surface area contributed by atoms with Crippen molar-refractivity contribution in [3.8, 4) is 0 Å². The fourth-order valence-electron chi connectivity index (χ4n) is 1.28. The highest BCUT2D eigenvalue weighted by Crippen LogP contribution is 2.12. The number of hydrogen-bond donors (Lipinski definition) is 1. The number of H-pyrrole nitrogens is 1. The summed E-state index contributed by atoms with van der Waals surface area (Å²) in [6, 6.07) is 7.17. The van der Waals surface area contributed by atoms with Gasteiger partial charge < -0.3 is 0 Å². The van der Waals surface area contributed by atoms with E-state index in [2.05, 4.69) is 15.3 Å². The Kier molecular flexibility index (Phi) is 3.69. The zero-order chi connectivity index (χ0) is 13.1. The third-order valence-electron chi connectivity index (χ3n) is 2.23. The largest absolute Gasteiger partial charge is 0.296 e. The number of nitrogens with one attached hydrogen (secondary N) is 1. The normalized spacial score (nSPS) is 11.0. The Morgan fingerprint density at radius 3 is 2.94 bits per heavy atom. The smallest absolute Gasteiger partial charge is 0.265 e. The van der Waals surface area contributed by atoms with Gasteiger partial charge in [0, 0.05) is 10.6 Å². The summed E-state index contributed by atoms with van der Waals surface area (Å²) in [4.78, 5) is 11.8. The van der Waals surface area contributed by atoms with E-state index in [4.69, 9.17) is 23.8 Å². The Hall–Kier alpha value is -1.79. The summed E-state index contributed by atoms with van der Waals surface area (Å²) in [6.45, 7) is 1.58. The Labute approximate surface area is 113 Å². The molecule has 2 rings (SSSR count). The molecule has 2 aromatic rings. The van der Waals surface area contributed by atoms with Crippen LogP contribution in [0.1, 0.15) is 11.3 Å². The van der Waals surface area contributed by atoms with Crippen LogP contribution in [0.3, 0.4) is 0 Å². The van der Waals surface area contributed by atoms with E-state index in [-0.39, 0.29) is 10.3 Å². The topological polar surface area (TPSA) is 63.0 Å². The van der Waals surface area contributed by atoms with Crippen LogP contribution >= 0.6 is 23.8 Å². The van der Waals surface area contributed by atoms with Crippen LogP contribution < -0.4 is 5.56 Å². The number of aromatic nitrogens is 3. The standard InChI is InChI=1S/C11H9ClN4OS/c1-7-10(17)16(11(18)15-14-7)13-6-8-4-2-3-5-9(8)12/h2-6H,1H3,(H,15,18)/b13-6-. The number of benzene rings is 1. The van der Waals surface area contributed by atoms with Crippen LogP contribution in [0.2, 0.25) is 5.02 Å². The van der Waals surface area contributed by atoms with Gasteiger partial charge in [0.05, 0.1) is 6.21 Å². The van der Waals surface area contributed by atoms with E-state index in [0.717, 1.165) is 4.68 Å². The summed E-state index contributed by atoms with van der Waals surface area (Å²) in [5, 5.41) is 10.9. The van der Waals surface area contributed by atoms with Crippen LogP contribution in [0.15, 0.2) is 34.2 Å². The maximum Gasteiger partial charge on any atom is 0.296 e. The first-order valence-corrected chi connectivity index (χ1v) is 5.85. The van der Waals surface area contributed by atoms with E-state index < -0.39 is 0 Å². The first-order valence-electron chi connectivity index (χ1n) is 5.07. The molecule has 0 aliphatic rings. The molecule has 18 heavy (non-hydrogen) atoms. The molecule has 0 atom stereocenters. The van der Waals surface area contributed by atoms with Crippen LogP contribution in [-0.2, 0) is 0 Å². The maximum atomic E-state index is 11.8. The van der Waals surface area contributed by atoms with Crippen molar-refractivity contribution >= 4 is 30.0 Å². The minimum atomic E-state index is -0.359. The number of nitrogens with zero attached hydrogens (tertiary/aromatic N) is 3. The summed E-state index contributed by atoms with van der Waals surface area (Å²) < 4.78 is 1.20. The van der Waals surface area contributed by atoms with Crippen LogP contribution in [0.25, 0.3) is 0 Å². The highest BCUT2D eigenvalue weighted by molar-refractivity contribution is 7.71. The number of halogens is 1. The van der Waals surface area contributed by atoms with Gasteiger partial charge in [-0.05, 0) is 25.2 Å². The van der Waals surface area contributed by atoms with Gasteiger partial charge in [-0.1, -0.05) is 29.8 Å². The molecule has 0 spiro atoms. The van der Waals surface area contributed by atoms with Crippen LogP contribution in [0, 0.1) is 11.7 Å². The van der Waals surface area contributed by atoms with Crippen molar-refractivity contribution in [2.45, 2.75) is 6.92 Å². The van der Waals surface area contributed by atoms with E-state index in [1.807, 2.05) is 12.1 Å². The van der Waals surface area contributed by atoms with E-state index in [0.29, 0.717) is 16.3 Å². The van der Waals surface area contributed by atoms with Gasteiger partial charge in [-0.3, -0.25) is 9.89 Å². The molecule has 0 radical (unpaired) electrons. The minimum absolute atomic E-state index is 0.133. The minimum Gasteiger partial charge on any atom is -0.265 e. The molecule has 92 valence electrons. The second kappa shape index (κ2) is 5.24. The lowest BCUT2D eigenvalue weighted by Gasteiger charge is -1.99. The van der Waals surface area contributed by atoms with Gasteiger partial charge in [-0.25, -0.2) is 0 Å². The first kappa shape index (κ1) is 12.7. The molecule has 1 heterocycles. The molecule has 1 N–H and O–H groups in total. The van der Waals surface area contributed by atoms with Crippen LogP contribution in [0.4, 0.5) is 0 Å². The molecular formula is C11H9ClN4OS. The van der Waals surface area contributed by atoms with Crippen LogP contribution in [0.5, 0.6) is 0 Å². The molecule has 0 fully saturated rings. The van der Waals surface area contributed by atoms with Crippen LogP contribution in [-0.4, -0.2) is 21.1 Å². The van der Waals surface area contributed by atoms with Crippen molar-refractivity contribution in [1.82, 2.24) is 14.9 Å². The molecule has 1 aromatic carbocycles. The van der Waals surface area contributed by atoms with Crippen molar-refractivity contribution in [2.24, 2.45) is 5.10 Å². The molecule has 0 unspecified atom stereocenters. The van der Waals surface area contributed by atoms with Gasteiger partial charge in [-0.2, -0.15) is 14.9 Å². The van der Waals surface area contributed by atoms with Gasteiger partial charge in [0.2, 0.25) is 4.77 Å². The quantitative estimate of drug-likeness (QED) is 0.677. The van der Waals surface area contributed by atoms with E-state index in [1.54, 1.807) is 19.1 Å². The van der Waals surface area contributed by atoms with Gasteiger partial charge in [0.15, 0.2) is 0 Å². The molecule has 0 aliphatic heterocycles. The number of aromatic amines is 1. The molecular weight excluding hydrogens is 272 g/mol. The highest BCUT2D eigenvalue weighted by atomic mass is 35.5. The molecule has 1 aromatic heterocycles. The fraction of sp³-hybridized carbons (Fsp3) is 0.0909. The van der Waals surface area contributed by atoms with Gasteiger partial charge >= 0.3 is 0 Å². The van der Waals surface area contributed by atoms with Crippen molar-refractivity contribution in [2.75, 3.05) is 0 Å². The third kappa shape index (κ3) is 2.55. The predicted octanol–water partition coefficient (Wildman–Crippen LogP) is 2.14. The lowest BCUT2D eigenvalue weighted by Crippen LogP contribution is -2.22. The Balaban J connectivity index is 2.48. The Morgan fingerprint density at radius 2 is 2.22 bits per heavy atom. The third-order valence-corrected chi connectivity index (χ3v) is 2.84. The summed E-state index contributed by atoms with van der Waals surface area (Å²) >= 11 is 10.9. The molecule has 0 amide bonds. The lowest BCUT2D eigenvalue weighted by atomic mass is 10.2.